The first-order chi connectivity index (χ1) is 12.2. The number of nitrogens with one attached hydrogen (secondary N) is 1. The molecule has 7 nitrogen and oxygen atoms in total. The predicted octanol–water partition coefficient (Wildman–Crippen LogP) is 2.27. The molecule has 4 heterocycles. The fourth-order valence-electron chi connectivity index (χ4n) is 2.90. The van der Waals surface area contributed by atoms with E-state index >= 15 is 0 Å². The van der Waals surface area contributed by atoms with Gasteiger partial charge in [-0.2, -0.15) is 0 Å². The van der Waals surface area contributed by atoms with Crippen LogP contribution in [0.25, 0.3) is 5.65 Å². The van der Waals surface area contributed by atoms with Crippen LogP contribution < -0.4 is 0 Å². The summed E-state index contributed by atoms with van der Waals surface area (Å²) in [4.78, 5) is 29.5. The highest BCUT2D eigenvalue weighted by molar-refractivity contribution is 7.99. The molecule has 0 unspecified atom stereocenters. The summed E-state index contributed by atoms with van der Waals surface area (Å²) in [7, 11) is 0. The molecule has 0 aliphatic carbocycles. The number of Topliss-reactive ketones (excluding diaryl/α,β-unsaturated/α-hetero) is 1. The highest BCUT2D eigenvalue weighted by atomic mass is 32.2. The van der Waals surface area contributed by atoms with Gasteiger partial charge in [0.05, 0.1) is 5.75 Å². The van der Waals surface area contributed by atoms with Crippen LogP contribution in [0.3, 0.4) is 0 Å². The van der Waals surface area contributed by atoms with Crippen LogP contribution in [-0.2, 0) is 0 Å². The largest absolute Gasteiger partial charge is 0.356 e. The maximum atomic E-state index is 12.4. The number of aromatic nitrogens is 4. The van der Waals surface area contributed by atoms with E-state index in [2.05, 4.69) is 15.2 Å². The molecule has 1 amide bonds. The maximum Gasteiger partial charge on any atom is 0.270 e. The summed E-state index contributed by atoms with van der Waals surface area (Å²) in [6, 6.07) is 7.29. The fraction of sp³-hybridized carbons (Fsp3) is 0.294. The van der Waals surface area contributed by atoms with Crippen LogP contribution >= 0.6 is 11.8 Å². The van der Waals surface area contributed by atoms with Crippen LogP contribution in [0.1, 0.15) is 33.7 Å². The van der Waals surface area contributed by atoms with Gasteiger partial charge in [0.1, 0.15) is 5.69 Å². The number of nitrogens with zero attached hydrogens (tertiary/aromatic N) is 4. The molecule has 0 saturated carbocycles. The number of rotatable bonds is 5. The third-order valence-electron chi connectivity index (χ3n) is 4.24. The van der Waals surface area contributed by atoms with Crippen molar-refractivity contribution in [3.8, 4) is 0 Å². The maximum absolute atomic E-state index is 12.4. The Hall–Kier alpha value is -2.61. The lowest BCUT2D eigenvalue weighted by Crippen LogP contribution is -2.27. The number of hydrogen-bond donors (Lipinski definition) is 1. The number of hydrogen-bond acceptors (Lipinski definition) is 5. The van der Waals surface area contributed by atoms with Crippen LogP contribution in [0.15, 0.2) is 41.8 Å². The van der Waals surface area contributed by atoms with Crippen LogP contribution in [0.4, 0.5) is 0 Å². The average Bonchev–Trinajstić information content (AvgIpc) is 3.39. The number of carbonyl (C=O) groups excluding carboxylic acids is 2. The summed E-state index contributed by atoms with van der Waals surface area (Å²) < 4.78 is 1.84. The van der Waals surface area contributed by atoms with E-state index in [1.807, 2.05) is 33.7 Å². The van der Waals surface area contributed by atoms with E-state index in [4.69, 9.17) is 0 Å². The minimum absolute atomic E-state index is 0.0346. The van der Waals surface area contributed by atoms with Gasteiger partial charge in [-0.3, -0.25) is 14.0 Å². The second-order valence-corrected chi connectivity index (χ2v) is 6.87. The van der Waals surface area contributed by atoms with E-state index < -0.39 is 0 Å². The van der Waals surface area contributed by atoms with Crippen LogP contribution in [-0.4, -0.2) is 55.0 Å². The van der Waals surface area contributed by atoms with E-state index in [-0.39, 0.29) is 17.4 Å². The molecule has 1 N–H and O–H groups in total. The molecular formula is C17H17N5O2S. The Balaban J connectivity index is 1.42. The van der Waals surface area contributed by atoms with Crippen molar-refractivity contribution in [2.45, 2.75) is 18.0 Å². The lowest BCUT2D eigenvalue weighted by Gasteiger charge is -2.13. The van der Waals surface area contributed by atoms with E-state index in [1.165, 1.54) is 11.8 Å². The highest BCUT2D eigenvalue weighted by Gasteiger charge is 2.22. The number of thioether (sulfide) groups is 1. The molecule has 1 fully saturated rings. The fourth-order valence-corrected chi connectivity index (χ4v) is 3.72. The second kappa shape index (κ2) is 6.72. The molecule has 0 radical (unpaired) electrons. The lowest BCUT2D eigenvalue weighted by molar-refractivity contribution is 0.0787. The Morgan fingerprint density at radius 2 is 2.04 bits per heavy atom. The van der Waals surface area contributed by atoms with Gasteiger partial charge in [-0.1, -0.05) is 17.8 Å². The standard InChI is InChI=1S/C17H17N5O2S/c23-14(11-25-17-20-19-15-5-1-2-8-22(15)17)12-9-13(18-10-12)16(24)21-6-3-4-7-21/h1-2,5,8-10,18H,3-4,6-7,11H2. The predicted molar refractivity (Wildman–Crippen MR) is 94.0 cm³/mol. The van der Waals surface area contributed by atoms with Gasteiger partial charge in [0, 0.05) is 31.0 Å². The summed E-state index contributed by atoms with van der Waals surface area (Å²) in [6.07, 6.45) is 5.56. The van der Waals surface area contributed by atoms with E-state index in [1.54, 1.807) is 12.3 Å². The second-order valence-electron chi connectivity index (χ2n) is 5.92. The normalized spacial score (nSPS) is 14.3. The van der Waals surface area contributed by atoms with Gasteiger partial charge in [0.2, 0.25) is 0 Å². The number of pyridine rings is 1. The first-order valence-corrected chi connectivity index (χ1v) is 9.14. The van der Waals surface area contributed by atoms with Crippen molar-refractivity contribution < 1.29 is 9.59 Å². The van der Waals surface area contributed by atoms with Crippen molar-refractivity contribution in [1.82, 2.24) is 24.5 Å². The first kappa shape index (κ1) is 15.9. The Morgan fingerprint density at radius 3 is 2.88 bits per heavy atom. The molecule has 4 rings (SSSR count). The number of carbonyl (C=O) groups is 2. The SMILES string of the molecule is O=C(CSc1nnc2ccccn12)c1c[nH]c(C(=O)N2CCCC2)c1. The monoisotopic (exact) mass is 355 g/mol. The van der Waals surface area contributed by atoms with Crippen LogP contribution in [0.5, 0.6) is 0 Å². The number of fused-ring (bicyclic) bond motifs is 1. The van der Waals surface area contributed by atoms with Gasteiger partial charge in [-0.15, -0.1) is 10.2 Å². The lowest BCUT2D eigenvalue weighted by atomic mass is 10.2. The van der Waals surface area contributed by atoms with E-state index in [0.29, 0.717) is 16.4 Å². The molecular weight excluding hydrogens is 338 g/mol. The molecule has 0 spiro atoms. The van der Waals surface area contributed by atoms with Crippen LogP contribution in [0.2, 0.25) is 0 Å². The molecule has 0 bridgehead atoms. The van der Waals surface area contributed by atoms with Gasteiger partial charge in [0.25, 0.3) is 5.91 Å². The van der Waals surface area contributed by atoms with Crippen molar-refractivity contribution >= 4 is 29.1 Å². The summed E-state index contributed by atoms with van der Waals surface area (Å²) in [5, 5.41) is 8.84. The van der Waals surface area contributed by atoms with Crippen molar-refractivity contribution in [2.24, 2.45) is 0 Å². The number of ketones is 1. The van der Waals surface area contributed by atoms with E-state index in [9.17, 15) is 9.59 Å². The summed E-state index contributed by atoms with van der Waals surface area (Å²) >= 11 is 1.33. The molecule has 0 aromatic carbocycles. The Morgan fingerprint density at radius 1 is 1.20 bits per heavy atom. The third-order valence-corrected chi connectivity index (χ3v) is 5.19. The van der Waals surface area contributed by atoms with Gasteiger partial charge in [-0.25, -0.2) is 0 Å². The van der Waals surface area contributed by atoms with Gasteiger partial charge >= 0.3 is 0 Å². The zero-order chi connectivity index (χ0) is 17.2. The summed E-state index contributed by atoms with van der Waals surface area (Å²) in [6.45, 7) is 1.58. The molecule has 1 aliphatic rings. The smallest absolute Gasteiger partial charge is 0.270 e. The van der Waals surface area contributed by atoms with Crippen molar-refractivity contribution in [1.29, 1.82) is 0 Å². The van der Waals surface area contributed by atoms with Crippen molar-refractivity contribution in [3.05, 3.63) is 47.9 Å². The molecule has 3 aromatic rings. The van der Waals surface area contributed by atoms with Crippen molar-refractivity contribution in [2.75, 3.05) is 18.8 Å². The number of aromatic amines is 1. The topological polar surface area (TPSA) is 83.4 Å². The number of H-pyrrole nitrogens is 1. The molecule has 25 heavy (non-hydrogen) atoms. The molecule has 0 atom stereocenters. The highest BCUT2D eigenvalue weighted by Crippen LogP contribution is 2.19. The molecule has 128 valence electrons. The quantitative estimate of drug-likeness (QED) is 0.561. The minimum Gasteiger partial charge on any atom is -0.356 e. The molecule has 1 aliphatic heterocycles. The van der Waals surface area contributed by atoms with E-state index in [0.717, 1.165) is 31.6 Å². The average molecular weight is 355 g/mol. The van der Waals surface area contributed by atoms with Gasteiger partial charge in [-0.05, 0) is 31.0 Å². The Bertz CT molecular complexity index is 926. The van der Waals surface area contributed by atoms with Crippen LogP contribution in [0, 0.1) is 0 Å². The van der Waals surface area contributed by atoms with Gasteiger partial charge < -0.3 is 9.88 Å². The van der Waals surface area contributed by atoms with Gasteiger partial charge in [0.15, 0.2) is 16.6 Å². The zero-order valence-electron chi connectivity index (χ0n) is 13.5. The van der Waals surface area contributed by atoms with Crippen molar-refractivity contribution in [3.63, 3.8) is 0 Å². The molecule has 8 heteroatoms. The number of likely N-dealkylation sites (tertiary alicyclic amines) is 1. The summed E-state index contributed by atoms with van der Waals surface area (Å²) in [5.74, 6) is 0.160. The third kappa shape index (κ3) is 3.17. The molecule has 1 saturated heterocycles. The zero-order valence-corrected chi connectivity index (χ0v) is 14.3. The minimum atomic E-state index is -0.0468. The Labute approximate surface area is 148 Å². The Kier molecular flexibility index (Phi) is 4.27. The first-order valence-electron chi connectivity index (χ1n) is 8.16. The molecule has 3 aromatic heterocycles. The summed E-state index contributed by atoms with van der Waals surface area (Å²) in [5.41, 5.74) is 1.74. The number of amides is 1.